The molecule has 0 rings (SSSR count). The van der Waals surface area contributed by atoms with E-state index in [1.54, 1.807) is 19.5 Å². The number of alkyl halides is 3. The molecule has 1 unspecified atom stereocenters. The van der Waals surface area contributed by atoms with Gasteiger partial charge in [-0.15, -0.1) is 0 Å². The van der Waals surface area contributed by atoms with Crippen LogP contribution in [0.3, 0.4) is 0 Å². The van der Waals surface area contributed by atoms with Gasteiger partial charge in [0.2, 0.25) is 5.91 Å². The molecule has 14 heavy (non-hydrogen) atoms. The molecule has 0 saturated carbocycles. The van der Waals surface area contributed by atoms with Crippen LogP contribution in [0.2, 0.25) is 0 Å². The van der Waals surface area contributed by atoms with E-state index in [9.17, 15) is 18.0 Å². The van der Waals surface area contributed by atoms with Crippen molar-refractivity contribution in [1.82, 2.24) is 10.8 Å². The highest BCUT2D eigenvalue weighted by Crippen LogP contribution is 2.13. The topological polar surface area (TPSA) is 50.4 Å². The Morgan fingerprint density at radius 1 is 1.50 bits per heavy atom. The van der Waals surface area contributed by atoms with Crippen molar-refractivity contribution in [3.63, 3.8) is 0 Å². The highest BCUT2D eigenvalue weighted by atomic mass is 19.4. The Bertz CT molecular complexity index is 184. The van der Waals surface area contributed by atoms with Gasteiger partial charge in [-0.05, 0) is 7.05 Å². The maximum atomic E-state index is 11.6. The lowest BCUT2D eigenvalue weighted by Crippen LogP contribution is -2.36. The lowest BCUT2D eigenvalue weighted by Gasteiger charge is -2.12. The smallest absolute Gasteiger partial charge is 0.319 e. The number of hydrogen-bond donors (Lipinski definition) is 2. The van der Waals surface area contributed by atoms with Crippen LogP contribution in [-0.2, 0) is 9.63 Å². The number of rotatable bonds is 5. The Balaban J connectivity index is 3.64. The van der Waals surface area contributed by atoms with Gasteiger partial charge >= 0.3 is 6.18 Å². The summed E-state index contributed by atoms with van der Waals surface area (Å²) in [6, 6.07) is 0. The Morgan fingerprint density at radius 3 is 2.50 bits per heavy atom. The molecule has 0 spiro atoms. The van der Waals surface area contributed by atoms with E-state index in [1.807, 2.05) is 0 Å². The fourth-order valence-corrected chi connectivity index (χ4v) is 0.689. The van der Waals surface area contributed by atoms with Gasteiger partial charge in [0.25, 0.3) is 0 Å². The van der Waals surface area contributed by atoms with Gasteiger partial charge in [-0.2, -0.15) is 13.2 Å². The fraction of sp³-hybridized carbons (Fsp3) is 0.857. The van der Waals surface area contributed by atoms with Crippen LogP contribution < -0.4 is 10.8 Å². The van der Waals surface area contributed by atoms with Crippen LogP contribution in [0.1, 0.15) is 6.92 Å². The molecule has 0 aromatic carbocycles. The molecule has 0 aliphatic heterocycles. The standard InChI is InChI=1S/C7H13F3N2O2/c1-5(3-11-2)6(13)12-14-4-7(8,9)10/h5,11H,3-4H2,1-2H3,(H,12,13). The van der Waals surface area contributed by atoms with E-state index in [2.05, 4.69) is 10.2 Å². The molecule has 1 atom stereocenters. The van der Waals surface area contributed by atoms with Gasteiger partial charge in [0.1, 0.15) is 0 Å². The van der Waals surface area contributed by atoms with Crippen LogP contribution in [0.5, 0.6) is 0 Å². The van der Waals surface area contributed by atoms with Crippen molar-refractivity contribution in [3.8, 4) is 0 Å². The summed E-state index contributed by atoms with van der Waals surface area (Å²) in [5.41, 5.74) is 1.72. The molecule has 1 amide bonds. The van der Waals surface area contributed by atoms with E-state index in [0.29, 0.717) is 6.54 Å². The summed E-state index contributed by atoms with van der Waals surface area (Å²) >= 11 is 0. The molecular formula is C7H13F3N2O2. The van der Waals surface area contributed by atoms with Crippen molar-refractivity contribution in [3.05, 3.63) is 0 Å². The third kappa shape index (κ3) is 6.67. The molecule has 0 aromatic heterocycles. The summed E-state index contributed by atoms with van der Waals surface area (Å²) in [5.74, 6) is -1.02. The summed E-state index contributed by atoms with van der Waals surface area (Å²) in [5, 5.41) is 2.72. The second kappa shape index (κ2) is 5.82. The van der Waals surface area contributed by atoms with Gasteiger partial charge in [-0.3, -0.25) is 9.63 Å². The minimum absolute atomic E-state index is 0.376. The maximum absolute atomic E-state index is 11.6. The normalized spacial score (nSPS) is 13.8. The Hall–Kier alpha value is -0.820. The third-order valence-corrected chi connectivity index (χ3v) is 1.37. The van der Waals surface area contributed by atoms with Crippen molar-refractivity contribution in [1.29, 1.82) is 0 Å². The van der Waals surface area contributed by atoms with Gasteiger partial charge in [0.05, 0.1) is 0 Å². The SMILES string of the molecule is CNCC(C)C(=O)NOCC(F)(F)F. The van der Waals surface area contributed by atoms with Crippen LogP contribution in [0, 0.1) is 5.92 Å². The molecule has 0 radical (unpaired) electrons. The second-order valence-corrected chi connectivity index (χ2v) is 2.83. The lowest BCUT2D eigenvalue weighted by molar-refractivity contribution is -0.192. The summed E-state index contributed by atoms with van der Waals surface area (Å²) in [6.45, 7) is 0.467. The molecule has 0 aromatic rings. The second-order valence-electron chi connectivity index (χ2n) is 2.83. The predicted molar refractivity (Wildman–Crippen MR) is 43.2 cm³/mol. The molecule has 0 fully saturated rings. The minimum atomic E-state index is -4.43. The molecule has 2 N–H and O–H groups in total. The van der Waals surface area contributed by atoms with Crippen LogP contribution >= 0.6 is 0 Å². The van der Waals surface area contributed by atoms with Gasteiger partial charge in [-0.25, -0.2) is 5.48 Å². The largest absolute Gasteiger partial charge is 0.414 e. The van der Waals surface area contributed by atoms with E-state index >= 15 is 0 Å². The number of halogens is 3. The number of hydrogen-bond acceptors (Lipinski definition) is 3. The summed E-state index contributed by atoms with van der Waals surface area (Å²) in [4.78, 5) is 15.0. The molecule has 4 nitrogen and oxygen atoms in total. The molecule has 0 aliphatic rings. The number of amides is 1. The van der Waals surface area contributed by atoms with Crippen molar-refractivity contribution >= 4 is 5.91 Å². The van der Waals surface area contributed by atoms with Crippen LogP contribution in [0.15, 0.2) is 0 Å². The van der Waals surface area contributed by atoms with E-state index < -0.39 is 24.6 Å². The van der Waals surface area contributed by atoms with E-state index in [-0.39, 0.29) is 0 Å². The number of hydroxylamine groups is 1. The Labute approximate surface area is 79.8 Å². The van der Waals surface area contributed by atoms with Crippen molar-refractivity contribution in [2.75, 3.05) is 20.2 Å². The Morgan fingerprint density at radius 2 is 2.07 bits per heavy atom. The molecule has 0 saturated heterocycles. The number of carbonyl (C=O) groups excluding carboxylic acids is 1. The highest BCUT2D eigenvalue weighted by molar-refractivity contribution is 5.77. The lowest BCUT2D eigenvalue weighted by atomic mass is 10.2. The molecule has 0 bridgehead atoms. The monoisotopic (exact) mass is 214 g/mol. The highest BCUT2D eigenvalue weighted by Gasteiger charge is 2.28. The summed E-state index contributed by atoms with van der Waals surface area (Å²) in [6.07, 6.45) is -4.43. The first kappa shape index (κ1) is 13.2. The number of carbonyl (C=O) groups is 1. The summed E-state index contributed by atoms with van der Waals surface area (Å²) in [7, 11) is 1.64. The zero-order chi connectivity index (χ0) is 11.2. The molecule has 0 heterocycles. The zero-order valence-electron chi connectivity index (χ0n) is 7.94. The van der Waals surface area contributed by atoms with Crippen molar-refractivity contribution in [2.45, 2.75) is 13.1 Å². The molecule has 0 aliphatic carbocycles. The van der Waals surface area contributed by atoms with Gasteiger partial charge in [0.15, 0.2) is 6.61 Å². The van der Waals surface area contributed by atoms with Crippen LogP contribution in [0.4, 0.5) is 13.2 Å². The fourth-order valence-electron chi connectivity index (χ4n) is 0.689. The molecule has 84 valence electrons. The van der Waals surface area contributed by atoms with Crippen molar-refractivity contribution in [2.24, 2.45) is 5.92 Å². The first-order valence-electron chi connectivity index (χ1n) is 4.00. The zero-order valence-corrected chi connectivity index (χ0v) is 7.94. The van der Waals surface area contributed by atoms with Gasteiger partial charge in [0, 0.05) is 12.5 Å². The van der Waals surface area contributed by atoms with E-state index in [1.165, 1.54) is 0 Å². The quantitative estimate of drug-likeness (QED) is 0.653. The minimum Gasteiger partial charge on any atom is -0.319 e. The van der Waals surface area contributed by atoms with E-state index in [4.69, 9.17) is 0 Å². The first-order valence-corrected chi connectivity index (χ1v) is 4.00. The maximum Gasteiger partial charge on any atom is 0.414 e. The van der Waals surface area contributed by atoms with Gasteiger partial charge < -0.3 is 5.32 Å². The molecule has 7 heteroatoms. The molecular weight excluding hydrogens is 201 g/mol. The van der Waals surface area contributed by atoms with Crippen molar-refractivity contribution < 1.29 is 22.8 Å². The van der Waals surface area contributed by atoms with Crippen LogP contribution in [0.25, 0.3) is 0 Å². The average Bonchev–Trinajstić information content (AvgIpc) is 2.02. The summed E-state index contributed by atoms with van der Waals surface area (Å²) < 4.78 is 34.7. The van der Waals surface area contributed by atoms with Gasteiger partial charge in [-0.1, -0.05) is 6.92 Å². The average molecular weight is 214 g/mol. The Kier molecular flexibility index (Phi) is 5.47. The van der Waals surface area contributed by atoms with E-state index in [0.717, 1.165) is 0 Å². The van der Waals surface area contributed by atoms with Crippen LogP contribution in [-0.4, -0.2) is 32.3 Å². The third-order valence-electron chi connectivity index (χ3n) is 1.37. The first-order chi connectivity index (χ1) is 6.37. The predicted octanol–water partition coefficient (Wildman–Crippen LogP) is 0.452. The number of nitrogens with one attached hydrogen (secondary N) is 2.